The molecule has 3 rings (SSSR count). The molecule has 2 aromatic carbocycles. The van der Waals surface area contributed by atoms with E-state index in [2.05, 4.69) is 10.2 Å². The lowest BCUT2D eigenvalue weighted by Crippen LogP contribution is -2.50. The summed E-state index contributed by atoms with van der Waals surface area (Å²) in [6, 6.07) is 13.0. The first kappa shape index (κ1) is 19.4. The lowest BCUT2D eigenvalue weighted by molar-refractivity contribution is -0.117. The summed E-state index contributed by atoms with van der Waals surface area (Å²) in [6.07, 6.45) is 0. The largest absolute Gasteiger partial charge is 0.336 e. The first-order valence-corrected chi connectivity index (χ1v) is 9.45. The van der Waals surface area contributed by atoms with Crippen LogP contribution in [0.3, 0.4) is 0 Å². The summed E-state index contributed by atoms with van der Waals surface area (Å²) in [7, 11) is 0. The van der Waals surface area contributed by atoms with E-state index in [-0.39, 0.29) is 18.4 Å². The minimum absolute atomic E-state index is 0.0661. The number of nitrogens with zero attached hydrogens (tertiary/aromatic N) is 2. The number of nitrogens with one attached hydrogen (secondary N) is 1. The van der Waals surface area contributed by atoms with Crippen LogP contribution in [0.25, 0.3) is 0 Å². The molecule has 0 unspecified atom stereocenters. The molecule has 5 nitrogen and oxygen atoms in total. The highest BCUT2D eigenvalue weighted by molar-refractivity contribution is 6.33. The van der Waals surface area contributed by atoms with Crippen molar-refractivity contribution in [2.75, 3.05) is 38.0 Å². The molecule has 0 radical (unpaired) electrons. The molecule has 0 aliphatic carbocycles. The molecular formula is C21H24ClN3O2. The number of para-hydroxylation sites is 1. The van der Waals surface area contributed by atoms with Crippen LogP contribution in [0.5, 0.6) is 0 Å². The summed E-state index contributed by atoms with van der Waals surface area (Å²) in [5.74, 6) is -0.0335. The number of halogens is 1. The SMILES string of the molecule is Cc1cccc(C(=O)N2CCN(CC(=O)Nc3ccccc3Cl)CC2)c1C. The Morgan fingerprint density at radius 3 is 2.41 bits per heavy atom. The molecule has 27 heavy (non-hydrogen) atoms. The van der Waals surface area contributed by atoms with E-state index >= 15 is 0 Å². The molecule has 1 aliphatic rings. The van der Waals surface area contributed by atoms with Crippen molar-refractivity contribution in [2.24, 2.45) is 0 Å². The number of rotatable bonds is 4. The Morgan fingerprint density at radius 1 is 1.00 bits per heavy atom. The van der Waals surface area contributed by atoms with Gasteiger partial charge < -0.3 is 10.2 Å². The van der Waals surface area contributed by atoms with Gasteiger partial charge in [-0.25, -0.2) is 0 Å². The number of aryl methyl sites for hydroxylation is 1. The summed E-state index contributed by atoms with van der Waals surface area (Å²) >= 11 is 6.07. The lowest BCUT2D eigenvalue weighted by Gasteiger charge is -2.34. The van der Waals surface area contributed by atoms with E-state index in [0.717, 1.165) is 16.7 Å². The minimum atomic E-state index is -0.0996. The second-order valence-electron chi connectivity index (χ2n) is 6.84. The average Bonchev–Trinajstić information content (AvgIpc) is 2.66. The average molecular weight is 386 g/mol. The highest BCUT2D eigenvalue weighted by atomic mass is 35.5. The van der Waals surface area contributed by atoms with Crippen molar-refractivity contribution in [3.8, 4) is 0 Å². The Balaban J connectivity index is 1.53. The van der Waals surface area contributed by atoms with E-state index in [1.165, 1.54) is 0 Å². The highest BCUT2D eigenvalue weighted by Gasteiger charge is 2.24. The molecule has 0 saturated carbocycles. The van der Waals surface area contributed by atoms with Crippen LogP contribution in [0.1, 0.15) is 21.5 Å². The fourth-order valence-electron chi connectivity index (χ4n) is 3.22. The van der Waals surface area contributed by atoms with Crippen molar-refractivity contribution in [2.45, 2.75) is 13.8 Å². The number of benzene rings is 2. The van der Waals surface area contributed by atoms with Crippen LogP contribution in [-0.2, 0) is 4.79 Å². The molecule has 1 saturated heterocycles. The number of piperazine rings is 1. The van der Waals surface area contributed by atoms with E-state index in [0.29, 0.717) is 36.9 Å². The van der Waals surface area contributed by atoms with Crippen molar-refractivity contribution in [3.05, 3.63) is 64.2 Å². The van der Waals surface area contributed by atoms with Gasteiger partial charge in [-0.05, 0) is 43.2 Å². The standard InChI is InChI=1S/C21H24ClN3O2/c1-15-6-5-7-17(16(15)2)21(27)25-12-10-24(11-13-25)14-20(26)23-19-9-4-3-8-18(19)22/h3-9H,10-14H2,1-2H3,(H,23,26). The van der Waals surface area contributed by atoms with Gasteiger partial charge in [0.25, 0.3) is 5.91 Å². The molecule has 0 aromatic heterocycles. The van der Waals surface area contributed by atoms with Gasteiger partial charge in [-0.3, -0.25) is 14.5 Å². The predicted octanol–water partition coefficient (Wildman–Crippen LogP) is 3.35. The molecule has 142 valence electrons. The second kappa shape index (κ2) is 8.55. The monoisotopic (exact) mass is 385 g/mol. The molecule has 1 heterocycles. The topological polar surface area (TPSA) is 52.7 Å². The Morgan fingerprint density at radius 2 is 1.70 bits per heavy atom. The molecule has 1 N–H and O–H groups in total. The molecule has 2 amide bonds. The van der Waals surface area contributed by atoms with E-state index in [4.69, 9.17) is 11.6 Å². The van der Waals surface area contributed by atoms with Gasteiger partial charge in [0.2, 0.25) is 5.91 Å². The van der Waals surface area contributed by atoms with Crippen molar-refractivity contribution in [1.29, 1.82) is 0 Å². The van der Waals surface area contributed by atoms with Crippen molar-refractivity contribution in [1.82, 2.24) is 9.80 Å². The molecule has 2 aromatic rings. The van der Waals surface area contributed by atoms with Crippen LogP contribution >= 0.6 is 11.6 Å². The number of carbonyl (C=O) groups excluding carboxylic acids is 2. The van der Waals surface area contributed by atoms with Gasteiger partial charge in [0.05, 0.1) is 17.3 Å². The molecule has 0 bridgehead atoms. The van der Waals surface area contributed by atoms with Crippen LogP contribution in [0.4, 0.5) is 5.69 Å². The van der Waals surface area contributed by atoms with Crippen LogP contribution in [0.15, 0.2) is 42.5 Å². The fraction of sp³-hybridized carbons (Fsp3) is 0.333. The third-order valence-corrected chi connectivity index (χ3v) is 5.34. The highest BCUT2D eigenvalue weighted by Crippen LogP contribution is 2.20. The maximum atomic E-state index is 12.8. The van der Waals surface area contributed by atoms with Gasteiger partial charge in [-0.1, -0.05) is 35.9 Å². The van der Waals surface area contributed by atoms with Gasteiger partial charge in [-0.2, -0.15) is 0 Å². The zero-order chi connectivity index (χ0) is 19.4. The lowest BCUT2D eigenvalue weighted by atomic mass is 10.0. The minimum Gasteiger partial charge on any atom is -0.336 e. The number of amides is 2. The molecule has 0 spiro atoms. The van der Waals surface area contributed by atoms with Crippen molar-refractivity contribution < 1.29 is 9.59 Å². The summed E-state index contributed by atoms with van der Waals surface area (Å²) in [4.78, 5) is 29.0. The van der Waals surface area contributed by atoms with E-state index in [1.54, 1.807) is 12.1 Å². The van der Waals surface area contributed by atoms with Crippen molar-refractivity contribution in [3.63, 3.8) is 0 Å². The second-order valence-corrected chi connectivity index (χ2v) is 7.25. The zero-order valence-corrected chi connectivity index (χ0v) is 16.4. The first-order valence-electron chi connectivity index (χ1n) is 9.08. The summed E-state index contributed by atoms with van der Waals surface area (Å²) in [5, 5.41) is 3.36. The third-order valence-electron chi connectivity index (χ3n) is 5.01. The number of anilines is 1. The maximum absolute atomic E-state index is 12.8. The summed E-state index contributed by atoms with van der Waals surface area (Å²) in [6.45, 7) is 6.87. The summed E-state index contributed by atoms with van der Waals surface area (Å²) in [5.41, 5.74) is 3.53. The maximum Gasteiger partial charge on any atom is 0.254 e. The Labute approximate surface area is 164 Å². The smallest absolute Gasteiger partial charge is 0.254 e. The van der Waals surface area contributed by atoms with Gasteiger partial charge in [-0.15, -0.1) is 0 Å². The van der Waals surface area contributed by atoms with Gasteiger partial charge in [0, 0.05) is 31.7 Å². The van der Waals surface area contributed by atoms with Crippen LogP contribution in [0.2, 0.25) is 5.02 Å². The molecule has 6 heteroatoms. The van der Waals surface area contributed by atoms with E-state index in [1.807, 2.05) is 49.1 Å². The number of carbonyl (C=O) groups is 2. The first-order chi connectivity index (χ1) is 13.0. The molecule has 1 fully saturated rings. The Bertz CT molecular complexity index is 845. The van der Waals surface area contributed by atoms with Crippen LogP contribution in [0, 0.1) is 13.8 Å². The fourth-order valence-corrected chi connectivity index (χ4v) is 3.40. The normalized spacial score (nSPS) is 14.9. The van der Waals surface area contributed by atoms with Crippen LogP contribution in [-0.4, -0.2) is 54.3 Å². The third kappa shape index (κ3) is 4.67. The predicted molar refractivity (Wildman–Crippen MR) is 108 cm³/mol. The molecular weight excluding hydrogens is 362 g/mol. The zero-order valence-electron chi connectivity index (χ0n) is 15.7. The molecule has 0 atom stereocenters. The van der Waals surface area contributed by atoms with Gasteiger partial charge in [0.15, 0.2) is 0 Å². The van der Waals surface area contributed by atoms with Gasteiger partial charge in [0.1, 0.15) is 0 Å². The quantitative estimate of drug-likeness (QED) is 0.878. The van der Waals surface area contributed by atoms with E-state index in [9.17, 15) is 9.59 Å². The number of hydrogen-bond acceptors (Lipinski definition) is 3. The van der Waals surface area contributed by atoms with Gasteiger partial charge >= 0.3 is 0 Å². The molecule has 1 aliphatic heterocycles. The Hall–Kier alpha value is -2.37. The van der Waals surface area contributed by atoms with Crippen LogP contribution < -0.4 is 5.32 Å². The number of hydrogen-bond donors (Lipinski definition) is 1. The van der Waals surface area contributed by atoms with E-state index < -0.39 is 0 Å². The van der Waals surface area contributed by atoms with Crippen molar-refractivity contribution >= 4 is 29.1 Å². The summed E-state index contributed by atoms with van der Waals surface area (Å²) < 4.78 is 0. The Kier molecular flexibility index (Phi) is 6.14.